The fourth-order valence-corrected chi connectivity index (χ4v) is 4.10. The summed E-state index contributed by atoms with van der Waals surface area (Å²) in [6.45, 7) is 4.75. The molecule has 1 atom stereocenters. The van der Waals surface area contributed by atoms with Gasteiger partial charge in [-0.1, -0.05) is 25.3 Å². The fraction of sp³-hybridized carbons (Fsp3) is 0.571. The number of nitrogens with zero attached hydrogens (tertiary/aromatic N) is 1. The van der Waals surface area contributed by atoms with Crippen LogP contribution in [0.15, 0.2) is 18.2 Å². The van der Waals surface area contributed by atoms with Gasteiger partial charge in [-0.2, -0.15) is 0 Å². The van der Waals surface area contributed by atoms with Crippen LogP contribution in [0.4, 0.5) is 10.5 Å². The molecule has 2 aliphatic rings. The van der Waals surface area contributed by atoms with Crippen LogP contribution in [0, 0.1) is 13.8 Å². The van der Waals surface area contributed by atoms with E-state index in [4.69, 9.17) is 0 Å². The van der Waals surface area contributed by atoms with E-state index in [-0.39, 0.29) is 30.3 Å². The van der Waals surface area contributed by atoms with Crippen molar-refractivity contribution in [1.82, 2.24) is 15.5 Å². The van der Waals surface area contributed by atoms with Crippen molar-refractivity contribution in [3.05, 3.63) is 29.3 Å². The first-order valence-electron chi connectivity index (χ1n) is 10.2. The number of hydrogen-bond donors (Lipinski definition) is 3. The molecule has 3 N–H and O–H groups in total. The first-order valence-corrected chi connectivity index (χ1v) is 10.2. The van der Waals surface area contributed by atoms with Gasteiger partial charge in [-0.15, -0.1) is 0 Å². The molecular formula is C21H30N4O3. The number of amides is 4. The number of carbonyl (C=O) groups is 3. The number of benzene rings is 1. The molecule has 152 valence electrons. The maximum Gasteiger partial charge on any atom is 0.318 e. The number of nitrogens with one attached hydrogen (secondary N) is 3. The number of hydrogen-bond acceptors (Lipinski definition) is 3. The normalized spacial score (nSPS) is 20.4. The van der Waals surface area contributed by atoms with Crippen LogP contribution in [0.5, 0.6) is 0 Å². The molecule has 3 rings (SSSR count). The Balaban J connectivity index is 1.63. The van der Waals surface area contributed by atoms with Gasteiger partial charge < -0.3 is 20.9 Å². The lowest BCUT2D eigenvalue weighted by atomic mass is 9.95. The Morgan fingerprint density at radius 2 is 1.79 bits per heavy atom. The standard InChI is InChI=1S/C21H30N4O3/c1-14-10-15(2)12-17(11-14)23-19(26)13-18-20(27)22-8-9-25(18)21(28)24-16-6-4-3-5-7-16/h10-12,16,18H,3-9,13H2,1-2H3,(H,22,27)(H,23,26)(H,24,28). The zero-order chi connectivity index (χ0) is 20.1. The van der Waals surface area contributed by atoms with E-state index in [1.54, 1.807) is 0 Å². The van der Waals surface area contributed by atoms with Gasteiger partial charge in [0.25, 0.3) is 0 Å². The molecule has 0 bridgehead atoms. The van der Waals surface area contributed by atoms with Crippen molar-refractivity contribution >= 4 is 23.5 Å². The SMILES string of the molecule is Cc1cc(C)cc(NC(=O)CC2C(=O)NCCN2C(=O)NC2CCCCC2)c1. The fourth-order valence-electron chi connectivity index (χ4n) is 4.10. The highest BCUT2D eigenvalue weighted by atomic mass is 16.2. The Morgan fingerprint density at radius 1 is 1.11 bits per heavy atom. The quantitative estimate of drug-likeness (QED) is 0.742. The van der Waals surface area contributed by atoms with E-state index in [1.807, 2.05) is 32.0 Å². The average Bonchev–Trinajstić information content (AvgIpc) is 2.63. The number of piperazine rings is 1. The van der Waals surface area contributed by atoms with Gasteiger partial charge in [-0.3, -0.25) is 9.59 Å². The third-order valence-corrected chi connectivity index (χ3v) is 5.41. The molecule has 7 heteroatoms. The van der Waals surface area contributed by atoms with Crippen molar-refractivity contribution in [3.8, 4) is 0 Å². The number of carbonyl (C=O) groups excluding carboxylic acids is 3. The van der Waals surface area contributed by atoms with E-state index in [0.29, 0.717) is 18.8 Å². The number of rotatable bonds is 4. The molecule has 1 heterocycles. The van der Waals surface area contributed by atoms with E-state index < -0.39 is 6.04 Å². The molecule has 1 aliphatic carbocycles. The first kappa shape index (κ1) is 20.2. The van der Waals surface area contributed by atoms with Gasteiger partial charge >= 0.3 is 6.03 Å². The summed E-state index contributed by atoms with van der Waals surface area (Å²) >= 11 is 0. The maximum atomic E-state index is 12.8. The monoisotopic (exact) mass is 386 g/mol. The summed E-state index contributed by atoms with van der Waals surface area (Å²) in [5.74, 6) is -0.553. The molecule has 1 aromatic rings. The van der Waals surface area contributed by atoms with Gasteiger partial charge in [0.2, 0.25) is 11.8 Å². The molecule has 1 saturated heterocycles. The van der Waals surface area contributed by atoms with E-state index in [9.17, 15) is 14.4 Å². The summed E-state index contributed by atoms with van der Waals surface area (Å²) in [5, 5.41) is 8.67. The van der Waals surface area contributed by atoms with Crippen LogP contribution in [-0.4, -0.2) is 47.9 Å². The summed E-state index contributed by atoms with van der Waals surface area (Å²) < 4.78 is 0. The minimum atomic E-state index is -0.789. The van der Waals surface area contributed by atoms with Crippen molar-refractivity contribution in [3.63, 3.8) is 0 Å². The second kappa shape index (κ2) is 9.08. The predicted octanol–water partition coefficient (Wildman–Crippen LogP) is 2.47. The van der Waals surface area contributed by atoms with Gasteiger partial charge in [-0.05, 0) is 49.9 Å². The summed E-state index contributed by atoms with van der Waals surface area (Å²) in [5.41, 5.74) is 2.82. The average molecular weight is 386 g/mol. The van der Waals surface area contributed by atoms with Crippen molar-refractivity contribution in [2.75, 3.05) is 18.4 Å². The summed E-state index contributed by atoms with van der Waals surface area (Å²) in [4.78, 5) is 39.2. The summed E-state index contributed by atoms with van der Waals surface area (Å²) in [6, 6.07) is 4.94. The van der Waals surface area contributed by atoms with Crippen LogP contribution < -0.4 is 16.0 Å². The third-order valence-electron chi connectivity index (χ3n) is 5.41. The predicted molar refractivity (Wildman–Crippen MR) is 108 cm³/mol. The Labute approximate surface area is 166 Å². The Morgan fingerprint density at radius 3 is 2.46 bits per heavy atom. The van der Waals surface area contributed by atoms with Crippen molar-refractivity contribution < 1.29 is 14.4 Å². The van der Waals surface area contributed by atoms with Crippen molar-refractivity contribution in [2.24, 2.45) is 0 Å². The lowest BCUT2D eigenvalue weighted by Crippen LogP contribution is -2.61. The maximum absolute atomic E-state index is 12.8. The number of urea groups is 1. The molecule has 1 saturated carbocycles. The van der Waals surface area contributed by atoms with Gasteiger partial charge in [0.15, 0.2) is 0 Å². The minimum absolute atomic E-state index is 0.0586. The van der Waals surface area contributed by atoms with Crippen LogP contribution in [-0.2, 0) is 9.59 Å². The highest BCUT2D eigenvalue weighted by Gasteiger charge is 2.35. The van der Waals surface area contributed by atoms with E-state index in [2.05, 4.69) is 16.0 Å². The Kier molecular flexibility index (Phi) is 6.54. The van der Waals surface area contributed by atoms with Crippen molar-refractivity contribution in [2.45, 2.75) is 64.5 Å². The molecule has 1 unspecified atom stereocenters. The largest absolute Gasteiger partial charge is 0.353 e. The van der Waals surface area contributed by atoms with Crippen LogP contribution in [0.2, 0.25) is 0 Å². The molecule has 0 aromatic heterocycles. The lowest BCUT2D eigenvalue weighted by Gasteiger charge is -2.36. The highest BCUT2D eigenvalue weighted by molar-refractivity contribution is 5.97. The topological polar surface area (TPSA) is 90.5 Å². The first-order chi connectivity index (χ1) is 13.4. The second-order valence-electron chi connectivity index (χ2n) is 7.91. The molecule has 7 nitrogen and oxygen atoms in total. The molecule has 1 aromatic carbocycles. The number of aryl methyl sites for hydroxylation is 2. The zero-order valence-electron chi connectivity index (χ0n) is 16.7. The zero-order valence-corrected chi connectivity index (χ0v) is 16.7. The number of anilines is 1. The Bertz CT molecular complexity index is 723. The summed E-state index contributed by atoms with van der Waals surface area (Å²) in [6.07, 6.45) is 5.34. The van der Waals surface area contributed by atoms with Gasteiger partial charge in [0, 0.05) is 24.8 Å². The van der Waals surface area contributed by atoms with Gasteiger partial charge in [-0.25, -0.2) is 4.79 Å². The van der Waals surface area contributed by atoms with E-state index in [1.165, 1.54) is 11.3 Å². The van der Waals surface area contributed by atoms with Crippen LogP contribution >= 0.6 is 0 Å². The molecule has 2 fully saturated rings. The highest BCUT2D eigenvalue weighted by Crippen LogP contribution is 2.19. The Hall–Kier alpha value is -2.57. The summed E-state index contributed by atoms with van der Waals surface area (Å²) in [7, 11) is 0. The van der Waals surface area contributed by atoms with E-state index >= 15 is 0 Å². The van der Waals surface area contributed by atoms with Crippen molar-refractivity contribution in [1.29, 1.82) is 0 Å². The van der Waals surface area contributed by atoms with Crippen LogP contribution in [0.25, 0.3) is 0 Å². The smallest absolute Gasteiger partial charge is 0.318 e. The van der Waals surface area contributed by atoms with Crippen LogP contribution in [0.1, 0.15) is 49.7 Å². The minimum Gasteiger partial charge on any atom is -0.353 e. The molecule has 4 amide bonds. The molecule has 0 radical (unpaired) electrons. The van der Waals surface area contributed by atoms with Crippen LogP contribution in [0.3, 0.4) is 0 Å². The lowest BCUT2D eigenvalue weighted by molar-refractivity contribution is -0.131. The third kappa shape index (κ3) is 5.24. The molecular weight excluding hydrogens is 356 g/mol. The molecule has 0 spiro atoms. The van der Waals surface area contributed by atoms with Gasteiger partial charge in [0.1, 0.15) is 6.04 Å². The van der Waals surface area contributed by atoms with Gasteiger partial charge in [0.05, 0.1) is 6.42 Å². The molecule has 1 aliphatic heterocycles. The second-order valence-corrected chi connectivity index (χ2v) is 7.91. The van der Waals surface area contributed by atoms with E-state index in [0.717, 1.165) is 36.8 Å². The molecule has 28 heavy (non-hydrogen) atoms.